The van der Waals surface area contributed by atoms with Crippen molar-refractivity contribution in [3.05, 3.63) is 41.2 Å². The maximum atomic E-state index is 12.7. The molecule has 0 aliphatic carbocycles. The van der Waals surface area contributed by atoms with Crippen LogP contribution in [0.15, 0.2) is 29.8 Å². The summed E-state index contributed by atoms with van der Waals surface area (Å²) in [6, 6.07) is 7.91. The van der Waals surface area contributed by atoms with Crippen LogP contribution in [-0.2, 0) is 0 Å². The van der Waals surface area contributed by atoms with E-state index < -0.39 is 0 Å². The topological polar surface area (TPSA) is 49.8 Å². The molecule has 3 heteroatoms. The summed E-state index contributed by atoms with van der Waals surface area (Å²) in [7, 11) is 0. The van der Waals surface area contributed by atoms with Gasteiger partial charge >= 0.3 is 0 Å². The molecule has 2 N–H and O–H groups in total. The van der Waals surface area contributed by atoms with Crippen molar-refractivity contribution in [2.75, 3.05) is 0 Å². The van der Waals surface area contributed by atoms with Gasteiger partial charge in [-0.05, 0) is 36.2 Å². The Morgan fingerprint density at radius 1 is 1.40 bits per heavy atom. The number of nitriles is 1. The number of hydrogen-bond donors (Lipinski definition) is 1. The van der Waals surface area contributed by atoms with Crippen molar-refractivity contribution < 1.29 is 4.39 Å². The smallest absolute Gasteiger partial charge is 0.123 e. The van der Waals surface area contributed by atoms with Gasteiger partial charge in [-0.3, -0.25) is 0 Å². The third-order valence-electron chi connectivity index (χ3n) is 2.12. The van der Waals surface area contributed by atoms with E-state index in [-0.39, 0.29) is 5.82 Å². The van der Waals surface area contributed by atoms with Crippen LogP contribution in [0, 0.1) is 17.1 Å². The van der Waals surface area contributed by atoms with Crippen LogP contribution in [0.2, 0.25) is 0 Å². The Bertz CT molecular complexity index is 399. The molecule has 78 valence electrons. The van der Waals surface area contributed by atoms with Gasteiger partial charge in [0.15, 0.2) is 0 Å². The molecule has 0 saturated heterocycles. The number of hydrogen-bond acceptors (Lipinski definition) is 2. The summed E-state index contributed by atoms with van der Waals surface area (Å²) in [5, 5.41) is 8.88. The Kier molecular flexibility index (Phi) is 3.87. The quantitative estimate of drug-likeness (QED) is 0.769. The van der Waals surface area contributed by atoms with Gasteiger partial charge in [-0.1, -0.05) is 13.3 Å². The number of nitrogens with zero attached hydrogens (tertiary/aromatic N) is 1. The first-order chi connectivity index (χ1) is 7.19. The van der Waals surface area contributed by atoms with Crippen LogP contribution < -0.4 is 5.73 Å². The van der Waals surface area contributed by atoms with Gasteiger partial charge in [0.05, 0.1) is 17.3 Å². The molecular weight excluding hydrogens is 191 g/mol. The lowest BCUT2D eigenvalue weighted by Crippen LogP contribution is -2.01. The molecule has 0 aliphatic rings. The molecular formula is C12H13FN2. The first-order valence-electron chi connectivity index (χ1n) is 4.83. The summed E-state index contributed by atoms with van der Waals surface area (Å²) in [6.07, 6.45) is 1.52. The minimum atomic E-state index is -0.305. The molecule has 0 fully saturated rings. The third kappa shape index (κ3) is 2.81. The van der Waals surface area contributed by atoms with Crippen LogP contribution >= 0.6 is 0 Å². The molecule has 1 aromatic carbocycles. The maximum Gasteiger partial charge on any atom is 0.123 e. The first kappa shape index (κ1) is 11.3. The van der Waals surface area contributed by atoms with Gasteiger partial charge < -0.3 is 5.73 Å². The van der Waals surface area contributed by atoms with E-state index >= 15 is 0 Å². The zero-order valence-electron chi connectivity index (χ0n) is 8.63. The molecule has 1 aromatic rings. The predicted octanol–water partition coefficient (Wildman–Crippen LogP) is 2.82. The van der Waals surface area contributed by atoms with Crippen molar-refractivity contribution in [1.29, 1.82) is 5.26 Å². The van der Waals surface area contributed by atoms with Crippen LogP contribution in [0.4, 0.5) is 4.39 Å². The largest absolute Gasteiger partial charge is 0.397 e. The summed E-state index contributed by atoms with van der Waals surface area (Å²) < 4.78 is 12.7. The highest BCUT2D eigenvalue weighted by atomic mass is 19.1. The van der Waals surface area contributed by atoms with Gasteiger partial charge in [0.25, 0.3) is 0 Å². The molecule has 0 aliphatic heterocycles. The molecule has 0 heterocycles. The standard InChI is InChI=1S/C12H13FN2/c1-2-3-10(8-14)12(15)9-4-6-11(13)7-5-9/h4-7H,2-3,15H2,1H3/b12-10-. The van der Waals surface area contributed by atoms with E-state index in [4.69, 9.17) is 11.0 Å². The minimum Gasteiger partial charge on any atom is -0.397 e. The molecule has 0 radical (unpaired) electrons. The van der Waals surface area contributed by atoms with Gasteiger partial charge in [-0.2, -0.15) is 5.26 Å². The molecule has 0 amide bonds. The van der Waals surface area contributed by atoms with Crippen molar-refractivity contribution in [2.45, 2.75) is 19.8 Å². The number of allylic oxidation sites excluding steroid dienone is 1. The monoisotopic (exact) mass is 204 g/mol. The number of halogens is 1. The van der Waals surface area contributed by atoms with Gasteiger partial charge in [0.2, 0.25) is 0 Å². The molecule has 0 unspecified atom stereocenters. The number of nitrogens with two attached hydrogens (primary N) is 1. The van der Waals surface area contributed by atoms with Gasteiger partial charge in [0, 0.05) is 0 Å². The highest BCUT2D eigenvalue weighted by Crippen LogP contribution is 2.17. The summed E-state index contributed by atoms with van der Waals surface area (Å²) >= 11 is 0. The second-order valence-corrected chi connectivity index (χ2v) is 3.26. The lowest BCUT2D eigenvalue weighted by Gasteiger charge is -2.04. The van der Waals surface area contributed by atoms with E-state index in [9.17, 15) is 4.39 Å². The Hall–Kier alpha value is -1.82. The van der Waals surface area contributed by atoms with Crippen LogP contribution in [0.1, 0.15) is 25.3 Å². The average molecular weight is 204 g/mol. The van der Waals surface area contributed by atoms with Gasteiger partial charge in [0.1, 0.15) is 5.82 Å². The van der Waals surface area contributed by atoms with Crippen molar-refractivity contribution in [3.63, 3.8) is 0 Å². The fraction of sp³-hybridized carbons (Fsp3) is 0.250. The predicted molar refractivity (Wildman–Crippen MR) is 58.0 cm³/mol. The van der Waals surface area contributed by atoms with Crippen LogP contribution in [0.3, 0.4) is 0 Å². The van der Waals surface area contributed by atoms with E-state index in [0.29, 0.717) is 23.3 Å². The molecule has 0 spiro atoms. The van der Waals surface area contributed by atoms with Gasteiger partial charge in [-0.25, -0.2) is 4.39 Å². The van der Waals surface area contributed by atoms with E-state index in [1.165, 1.54) is 12.1 Å². The zero-order valence-corrected chi connectivity index (χ0v) is 8.63. The van der Waals surface area contributed by atoms with Crippen molar-refractivity contribution in [1.82, 2.24) is 0 Å². The van der Waals surface area contributed by atoms with Crippen LogP contribution in [0.5, 0.6) is 0 Å². The first-order valence-corrected chi connectivity index (χ1v) is 4.83. The zero-order chi connectivity index (χ0) is 11.3. The Morgan fingerprint density at radius 3 is 2.47 bits per heavy atom. The second kappa shape index (κ2) is 5.16. The fourth-order valence-corrected chi connectivity index (χ4v) is 1.30. The molecule has 0 bridgehead atoms. The number of rotatable bonds is 3. The van der Waals surface area contributed by atoms with E-state index in [0.717, 1.165) is 6.42 Å². The van der Waals surface area contributed by atoms with E-state index in [1.807, 2.05) is 6.92 Å². The molecule has 0 saturated carbocycles. The Morgan fingerprint density at radius 2 is 2.00 bits per heavy atom. The average Bonchev–Trinajstić information content (AvgIpc) is 2.26. The molecule has 0 atom stereocenters. The minimum absolute atomic E-state index is 0.305. The highest BCUT2D eigenvalue weighted by molar-refractivity contribution is 5.68. The normalized spacial score (nSPS) is 11.8. The van der Waals surface area contributed by atoms with Crippen LogP contribution in [-0.4, -0.2) is 0 Å². The van der Waals surface area contributed by atoms with Crippen LogP contribution in [0.25, 0.3) is 5.70 Å². The van der Waals surface area contributed by atoms with E-state index in [2.05, 4.69) is 6.07 Å². The highest BCUT2D eigenvalue weighted by Gasteiger charge is 2.04. The van der Waals surface area contributed by atoms with Crippen molar-refractivity contribution >= 4 is 5.70 Å². The number of benzene rings is 1. The van der Waals surface area contributed by atoms with Crippen molar-refractivity contribution in [3.8, 4) is 6.07 Å². The molecule has 0 aromatic heterocycles. The molecule has 15 heavy (non-hydrogen) atoms. The SMILES string of the molecule is CCC/C(C#N)=C(/N)c1ccc(F)cc1. The van der Waals surface area contributed by atoms with Gasteiger partial charge in [-0.15, -0.1) is 0 Å². The maximum absolute atomic E-state index is 12.7. The van der Waals surface area contributed by atoms with E-state index in [1.54, 1.807) is 12.1 Å². The fourth-order valence-electron chi connectivity index (χ4n) is 1.30. The molecule has 2 nitrogen and oxygen atoms in total. The molecule has 1 rings (SSSR count). The lowest BCUT2D eigenvalue weighted by atomic mass is 10.0. The summed E-state index contributed by atoms with van der Waals surface area (Å²) in [5.41, 5.74) is 7.52. The Labute approximate surface area is 88.8 Å². The Balaban J connectivity index is 3.06. The second-order valence-electron chi connectivity index (χ2n) is 3.26. The summed E-state index contributed by atoms with van der Waals surface area (Å²) in [4.78, 5) is 0. The lowest BCUT2D eigenvalue weighted by molar-refractivity contribution is 0.627. The summed E-state index contributed by atoms with van der Waals surface area (Å²) in [6.45, 7) is 1.98. The third-order valence-corrected chi connectivity index (χ3v) is 2.12. The summed E-state index contributed by atoms with van der Waals surface area (Å²) in [5.74, 6) is -0.305. The van der Waals surface area contributed by atoms with Crippen molar-refractivity contribution in [2.24, 2.45) is 5.73 Å².